The number of rotatable bonds is 8. The van der Waals surface area contributed by atoms with E-state index in [2.05, 4.69) is 26.8 Å². The second kappa shape index (κ2) is 6.94. The van der Waals surface area contributed by atoms with Crippen LogP contribution in [0.5, 0.6) is 5.75 Å². The largest absolute Gasteiger partial charge is 0.508 e. The van der Waals surface area contributed by atoms with Gasteiger partial charge in [-0.2, -0.15) is 0 Å². The van der Waals surface area contributed by atoms with Gasteiger partial charge in [-0.1, -0.05) is 32.9 Å². The van der Waals surface area contributed by atoms with Crippen molar-refractivity contribution in [1.29, 1.82) is 0 Å². The van der Waals surface area contributed by atoms with Crippen LogP contribution in [0.4, 0.5) is 0 Å². The minimum atomic E-state index is -0.653. The van der Waals surface area contributed by atoms with Crippen LogP contribution in [-0.4, -0.2) is 16.2 Å². The van der Waals surface area contributed by atoms with Crippen LogP contribution in [0.15, 0.2) is 18.2 Å². The molecule has 0 aromatic heterocycles. The minimum Gasteiger partial charge on any atom is -0.508 e. The molecule has 3 heteroatoms. The van der Waals surface area contributed by atoms with Crippen molar-refractivity contribution < 1.29 is 15.0 Å². The number of phenols is 1. The number of carbonyl (C=O) groups is 1. The van der Waals surface area contributed by atoms with Crippen molar-refractivity contribution in [2.24, 2.45) is 10.8 Å². The first-order chi connectivity index (χ1) is 10.7. The molecule has 1 saturated carbocycles. The lowest BCUT2D eigenvalue weighted by molar-refractivity contribution is -0.143. The van der Waals surface area contributed by atoms with Crippen molar-refractivity contribution in [1.82, 2.24) is 0 Å². The van der Waals surface area contributed by atoms with Crippen LogP contribution in [0.3, 0.4) is 0 Å². The smallest absolute Gasteiger partial charge is 0.309 e. The number of aromatic hydroxyl groups is 1. The van der Waals surface area contributed by atoms with E-state index in [0.29, 0.717) is 11.2 Å². The molecule has 3 nitrogen and oxygen atoms in total. The van der Waals surface area contributed by atoms with Crippen molar-refractivity contribution in [2.45, 2.75) is 72.1 Å². The number of carboxylic acid groups (broad SMARTS) is 1. The van der Waals surface area contributed by atoms with Gasteiger partial charge in [-0.15, -0.1) is 0 Å². The highest BCUT2D eigenvalue weighted by molar-refractivity contribution is 5.77. The molecule has 0 saturated heterocycles. The summed E-state index contributed by atoms with van der Waals surface area (Å²) < 4.78 is 0. The van der Waals surface area contributed by atoms with E-state index in [9.17, 15) is 15.0 Å². The van der Waals surface area contributed by atoms with Gasteiger partial charge in [-0.25, -0.2) is 0 Å². The summed E-state index contributed by atoms with van der Waals surface area (Å²) in [6.45, 7) is 6.74. The van der Waals surface area contributed by atoms with Crippen molar-refractivity contribution in [3.8, 4) is 5.75 Å². The van der Waals surface area contributed by atoms with Crippen LogP contribution in [0.25, 0.3) is 0 Å². The Morgan fingerprint density at radius 3 is 2.43 bits per heavy atom. The van der Waals surface area contributed by atoms with E-state index in [1.54, 1.807) is 6.07 Å². The predicted octanol–water partition coefficient (Wildman–Crippen LogP) is 4.95. The third kappa shape index (κ3) is 4.98. The lowest BCUT2D eigenvalue weighted by Crippen LogP contribution is -2.14. The molecule has 1 aromatic rings. The highest BCUT2D eigenvalue weighted by Crippen LogP contribution is 2.50. The monoisotopic (exact) mass is 318 g/mol. The van der Waals surface area contributed by atoms with E-state index < -0.39 is 11.4 Å². The Hall–Kier alpha value is -1.51. The van der Waals surface area contributed by atoms with Crippen molar-refractivity contribution in [3.05, 3.63) is 29.3 Å². The summed E-state index contributed by atoms with van der Waals surface area (Å²) in [5.74, 6) is -0.293. The van der Waals surface area contributed by atoms with Crippen LogP contribution in [0.1, 0.15) is 70.4 Å². The van der Waals surface area contributed by atoms with Gasteiger partial charge >= 0.3 is 5.97 Å². The van der Waals surface area contributed by atoms with Crippen LogP contribution >= 0.6 is 0 Å². The van der Waals surface area contributed by atoms with Crippen LogP contribution in [-0.2, 0) is 17.6 Å². The Morgan fingerprint density at radius 2 is 1.87 bits per heavy atom. The summed E-state index contributed by atoms with van der Waals surface area (Å²) in [6.07, 6.45) is 7.18. The molecule has 0 atom stereocenters. The van der Waals surface area contributed by atoms with Gasteiger partial charge in [0, 0.05) is 0 Å². The van der Waals surface area contributed by atoms with E-state index in [-0.39, 0.29) is 0 Å². The molecule has 2 N–H and O–H groups in total. The second-order valence-corrected chi connectivity index (χ2v) is 8.27. The molecular weight excluding hydrogens is 288 g/mol. The van der Waals surface area contributed by atoms with E-state index >= 15 is 0 Å². The van der Waals surface area contributed by atoms with E-state index in [1.807, 2.05) is 6.07 Å². The molecule has 0 aliphatic heterocycles. The van der Waals surface area contributed by atoms with E-state index in [0.717, 1.165) is 56.9 Å². The lowest BCUT2D eigenvalue weighted by Gasteiger charge is -2.19. The van der Waals surface area contributed by atoms with E-state index in [1.165, 1.54) is 5.56 Å². The van der Waals surface area contributed by atoms with Crippen molar-refractivity contribution in [3.63, 3.8) is 0 Å². The Labute approximate surface area is 139 Å². The molecule has 0 bridgehead atoms. The van der Waals surface area contributed by atoms with Crippen LogP contribution in [0.2, 0.25) is 0 Å². The standard InChI is InChI=1S/C20H30O3/c1-19(2,3)11-5-8-15-7-4-10-17(21)16(15)9-6-12-20(13-14-20)18(22)23/h4,7,10,21H,5-6,8-9,11-14H2,1-3H3,(H,22,23). The lowest BCUT2D eigenvalue weighted by atomic mass is 9.87. The molecular formula is C20H30O3. The van der Waals surface area contributed by atoms with Gasteiger partial charge in [0.25, 0.3) is 0 Å². The number of hydrogen-bond acceptors (Lipinski definition) is 2. The Kier molecular flexibility index (Phi) is 5.38. The summed E-state index contributed by atoms with van der Waals surface area (Å²) >= 11 is 0. The third-order valence-corrected chi connectivity index (χ3v) is 5.01. The zero-order valence-corrected chi connectivity index (χ0v) is 14.7. The van der Waals surface area contributed by atoms with Gasteiger partial charge in [-0.3, -0.25) is 4.79 Å². The zero-order valence-electron chi connectivity index (χ0n) is 14.7. The van der Waals surface area contributed by atoms with Crippen LogP contribution < -0.4 is 0 Å². The van der Waals surface area contributed by atoms with Gasteiger partial charge in [0.2, 0.25) is 0 Å². The molecule has 0 unspecified atom stereocenters. The van der Waals surface area contributed by atoms with Gasteiger partial charge in [0.1, 0.15) is 5.75 Å². The van der Waals surface area contributed by atoms with Gasteiger partial charge in [0.15, 0.2) is 0 Å². The molecule has 0 amide bonds. The second-order valence-electron chi connectivity index (χ2n) is 8.27. The fourth-order valence-corrected chi connectivity index (χ4v) is 3.28. The summed E-state index contributed by atoms with van der Waals surface area (Å²) in [5, 5.41) is 19.4. The van der Waals surface area contributed by atoms with Gasteiger partial charge < -0.3 is 10.2 Å². The SMILES string of the molecule is CC(C)(C)CCCc1cccc(O)c1CCCC1(C(=O)O)CC1. The highest BCUT2D eigenvalue weighted by Gasteiger charge is 2.49. The van der Waals surface area contributed by atoms with Gasteiger partial charge in [0.05, 0.1) is 5.41 Å². The Morgan fingerprint density at radius 1 is 1.17 bits per heavy atom. The molecule has 1 aromatic carbocycles. The molecule has 0 radical (unpaired) electrons. The number of aliphatic carboxylic acids is 1. The quantitative estimate of drug-likeness (QED) is 0.713. The van der Waals surface area contributed by atoms with Crippen molar-refractivity contribution in [2.75, 3.05) is 0 Å². The minimum absolute atomic E-state index is 0.330. The molecule has 128 valence electrons. The first kappa shape index (κ1) is 17.8. The first-order valence-corrected chi connectivity index (χ1v) is 8.77. The fourth-order valence-electron chi connectivity index (χ4n) is 3.28. The van der Waals surface area contributed by atoms with Gasteiger partial charge in [-0.05, 0) is 74.0 Å². The fraction of sp³-hybridized carbons (Fsp3) is 0.650. The molecule has 1 aliphatic rings. The molecule has 0 spiro atoms. The van der Waals surface area contributed by atoms with Crippen LogP contribution in [0, 0.1) is 10.8 Å². The maximum atomic E-state index is 11.2. The topological polar surface area (TPSA) is 57.5 Å². The first-order valence-electron chi connectivity index (χ1n) is 8.77. The summed E-state index contributed by atoms with van der Waals surface area (Å²) in [5.41, 5.74) is 2.10. The maximum Gasteiger partial charge on any atom is 0.309 e. The molecule has 0 heterocycles. The zero-order chi connectivity index (χ0) is 17.1. The normalized spacial score (nSPS) is 16.3. The maximum absolute atomic E-state index is 11.2. The number of aryl methyl sites for hydroxylation is 1. The molecule has 2 rings (SSSR count). The summed E-state index contributed by atoms with van der Waals surface area (Å²) in [6, 6.07) is 5.75. The number of carboxylic acids is 1. The highest BCUT2D eigenvalue weighted by atomic mass is 16.4. The molecule has 23 heavy (non-hydrogen) atoms. The average molecular weight is 318 g/mol. The van der Waals surface area contributed by atoms with E-state index in [4.69, 9.17) is 0 Å². The van der Waals surface area contributed by atoms with Crippen molar-refractivity contribution >= 4 is 5.97 Å². The average Bonchev–Trinajstić information content (AvgIpc) is 3.21. The predicted molar refractivity (Wildman–Crippen MR) is 92.7 cm³/mol. The Balaban J connectivity index is 1.93. The number of benzene rings is 1. The summed E-state index contributed by atoms with van der Waals surface area (Å²) in [7, 11) is 0. The molecule has 1 fully saturated rings. The Bertz CT molecular complexity index is 550. The summed E-state index contributed by atoms with van der Waals surface area (Å²) in [4.78, 5) is 11.2. The number of hydrogen-bond donors (Lipinski definition) is 2. The number of phenolic OH excluding ortho intramolecular Hbond substituents is 1. The molecule has 1 aliphatic carbocycles. The third-order valence-electron chi connectivity index (χ3n) is 5.01.